The molecule has 0 spiro atoms. The standard InChI is InChI=1S/C14H14N2O3/c1-10-3-5-12(19-10)6-7-13(17)16-11-4-8-14(18-2)15-9-11/h3-9H,1-2H3,(H,16,17). The van der Waals surface area contributed by atoms with Crippen molar-refractivity contribution in [3.8, 4) is 5.88 Å². The Kier molecular flexibility index (Phi) is 3.97. The van der Waals surface area contributed by atoms with Crippen LogP contribution in [0, 0.1) is 6.92 Å². The molecule has 1 amide bonds. The van der Waals surface area contributed by atoms with Crippen molar-refractivity contribution in [1.82, 2.24) is 4.98 Å². The summed E-state index contributed by atoms with van der Waals surface area (Å²) in [5, 5.41) is 2.68. The number of ether oxygens (including phenoxy) is 1. The minimum Gasteiger partial charge on any atom is -0.481 e. The summed E-state index contributed by atoms with van der Waals surface area (Å²) in [6, 6.07) is 7.03. The van der Waals surface area contributed by atoms with Crippen LogP contribution in [0.4, 0.5) is 5.69 Å². The van der Waals surface area contributed by atoms with Gasteiger partial charge in [-0.3, -0.25) is 4.79 Å². The molecule has 2 heterocycles. The Balaban J connectivity index is 1.95. The Morgan fingerprint density at radius 1 is 1.37 bits per heavy atom. The highest BCUT2D eigenvalue weighted by Crippen LogP contribution is 2.11. The van der Waals surface area contributed by atoms with E-state index in [0.717, 1.165) is 5.76 Å². The van der Waals surface area contributed by atoms with Gasteiger partial charge in [0.1, 0.15) is 11.5 Å². The summed E-state index contributed by atoms with van der Waals surface area (Å²) in [7, 11) is 1.54. The van der Waals surface area contributed by atoms with Crippen molar-refractivity contribution in [3.05, 3.63) is 48.1 Å². The first kappa shape index (κ1) is 12.9. The van der Waals surface area contributed by atoms with Crippen LogP contribution in [-0.4, -0.2) is 18.0 Å². The van der Waals surface area contributed by atoms with Crippen molar-refractivity contribution in [2.75, 3.05) is 12.4 Å². The van der Waals surface area contributed by atoms with Gasteiger partial charge in [-0.1, -0.05) is 0 Å². The lowest BCUT2D eigenvalue weighted by molar-refractivity contribution is -0.111. The number of hydrogen-bond acceptors (Lipinski definition) is 4. The van der Waals surface area contributed by atoms with Crippen molar-refractivity contribution < 1.29 is 13.9 Å². The second-order valence-electron chi connectivity index (χ2n) is 3.86. The molecular formula is C14H14N2O3. The van der Waals surface area contributed by atoms with E-state index in [2.05, 4.69) is 10.3 Å². The van der Waals surface area contributed by atoms with Crippen molar-refractivity contribution in [1.29, 1.82) is 0 Å². The van der Waals surface area contributed by atoms with E-state index in [-0.39, 0.29) is 5.91 Å². The summed E-state index contributed by atoms with van der Waals surface area (Å²) in [5.41, 5.74) is 0.603. The van der Waals surface area contributed by atoms with E-state index in [1.165, 1.54) is 19.4 Å². The van der Waals surface area contributed by atoms with Crippen LogP contribution in [0.5, 0.6) is 5.88 Å². The van der Waals surface area contributed by atoms with Crippen LogP contribution >= 0.6 is 0 Å². The fourth-order valence-electron chi connectivity index (χ4n) is 1.46. The fraction of sp³-hybridized carbons (Fsp3) is 0.143. The number of carbonyl (C=O) groups excluding carboxylic acids is 1. The zero-order valence-corrected chi connectivity index (χ0v) is 10.7. The topological polar surface area (TPSA) is 64.4 Å². The number of aryl methyl sites for hydroxylation is 1. The number of rotatable bonds is 4. The van der Waals surface area contributed by atoms with Gasteiger partial charge in [-0.15, -0.1) is 0 Å². The second-order valence-corrected chi connectivity index (χ2v) is 3.86. The molecule has 5 heteroatoms. The van der Waals surface area contributed by atoms with Crippen molar-refractivity contribution in [3.63, 3.8) is 0 Å². The molecule has 0 aliphatic rings. The van der Waals surface area contributed by atoms with Crippen LogP contribution in [0.15, 0.2) is 41.0 Å². The summed E-state index contributed by atoms with van der Waals surface area (Å²) < 4.78 is 10.3. The summed E-state index contributed by atoms with van der Waals surface area (Å²) in [4.78, 5) is 15.6. The minimum atomic E-state index is -0.249. The van der Waals surface area contributed by atoms with Crippen molar-refractivity contribution in [2.45, 2.75) is 6.92 Å². The lowest BCUT2D eigenvalue weighted by atomic mass is 10.3. The number of pyridine rings is 1. The highest BCUT2D eigenvalue weighted by Gasteiger charge is 2.00. The van der Waals surface area contributed by atoms with Gasteiger partial charge in [-0.2, -0.15) is 0 Å². The van der Waals surface area contributed by atoms with Crippen LogP contribution in [0.2, 0.25) is 0 Å². The average Bonchev–Trinajstić information content (AvgIpc) is 2.83. The SMILES string of the molecule is COc1ccc(NC(=O)C=Cc2ccc(C)o2)cn1. The lowest BCUT2D eigenvalue weighted by Crippen LogP contribution is -2.07. The number of methoxy groups -OCH3 is 1. The molecule has 0 aromatic carbocycles. The van der Waals surface area contributed by atoms with E-state index >= 15 is 0 Å². The fourth-order valence-corrected chi connectivity index (χ4v) is 1.46. The molecule has 0 atom stereocenters. The van der Waals surface area contributed by atoms with Crippen LogP contribution < -0.4 is 10.1 Å². The third-order valence-electron chi connectivity index (χ3n) is 2.37. The maximum absolute atomic E-state index is 11.6. The predicted octanol–water partition coefficient (Wildman–Crippen LogP) is 2.64. The van der Waals surface area contributed by atoms with Gasteiger partial charge < -0.3 is 14.5 Å². The van der Waals surface area contributed by atoms with Crippen LogP contribution in [0.1, 0.15) is 11.5 Å². The third kappa shape index (κ3) is 3.70. The number of hydrogen-bond donors (Lipinski definition) is 1. The number of amides is 1. The normalized spacial score (nSPS) is 10.6. The Bertz CT molecular complexity index is 585. The largest absolute Gasteiger partial charge is 0.481 e. The maximum atomic E-state index is 11.6. The number of furan rings is 1. The molecule has 0 bridgehead atoms. The lowest BCUT2D eigenvalue weighted by Gasteiger charge is -2.02. The minimum absolute atomic E-state index is 0.249. The summed E-state index contributed by atoms with van der Waals surface area (Å²) >= 11 is 0. The number of nitrogens with zero attached hydrogens (tertiary/aromatic N) is 1. The summed E-state index contributed by atoms with van der Waals surface area (Å²) in [6.07, 6.45) is 4.55. The first-order chi connectivity index (χ1) is 9.17. The van der Waals surface area contributed by atoms with Crippen LogP contribution in [0.3, 0.4) is 0 Å². The zero-order chi connectivity index (χ0) is 13.7. The van der Waals surface area contributed by atoms with E-state index in [1.54, 1.807) is 24.3 Å². The van der Waals surface area contributed by atoms with Gasteiger partial charge in [0.15, 0.2) is 0 Å². The highest BCUT2D eigenvalue weighted by atomic mass is 16.5. The molecule has 0 unspecified atom stereocenters. The van der Waals surface area contributed by atoms with E-state index in [4.69, 9.17) is 9.15 Å². The molecule has 0 saturated carbocycles. The first-order valence-electron chi connectivity index (χ1n) is 5.73. The van der Waals surface area contributed by atoms with Gasteiger partial charge in [0.05, 0.1) is 19.0 Å². The van der Waals surface area contributed by atoms with Gasteiger partial charge in [-0.25, -0.2) is 4.98 Å². The molecule has 0 saturated heterocycles. The van der Waals surface area contributed by atoms with Crippen molar-refractivity contribution in [2.24, 2.45) is 0 Å². The van der Waals surface area contributed by atoms with Gasteiger partial charge in [0.2, 0.25) is 11.8 Å². The van der Waals surface area contributed by atoms with Gasteiger partial charge >= 0.3 is 0 Å². The molecule has 19 heavy (non-hydrogen) atoms. The molecule has 0 fully saturated rings. The molecule has 0 aliphatic heterocycles. The van der Waals surface area contributed by atoms with E-state index < -0.39 is 0 Å². The van der Waals surface area contributed by atoms with Crippen LogP contribution in [-0.2, 0) is 4.79 Å². The Labute approximate surface area is 110 Å². The second kappa shape index (κ2) is 5.86. The first-order valence-corrected chi connectivity index (χ1v) is 5.73. The Morgan fingerprint density at radius 3 is 2.79 bits per heavy atom. The Morgan fingerprint density at radius 2 is 2.21 bits per heavy atom. The monoisotopic (exact) mass is 258 g/mol. The predicted molar refractivity (Wildman–Crippen MR) is 71.9 cm³/mol. The number of aromatic nitrogens is 1. The Hall–Kier alpha value is -2.56. The van der Waals surface area contributed by atoms with Gasteiger partial charge in [0, 0.05) is 12.1 Å². The van der Waals surface area contributed by atoms with E-state index in [1.807, 2.05) is 13.0 Å². The average molecular weight is 258 g/mol. The zero-order valence-electron chi connectivity index (χ0n) is 10.7. The quantitative estimate of drug-likeness (QED) is 0.856. The third-order valence-corrected chi connectivity index (χ3v) is 2.37. The molecule has 98 valence electrons. The number of carbonyl (C=O) groups is 1. The smallest absolute Gasteiger partial charge is 0.248 e. The number of anilines is 1. The molecule has 5 nitrogen and oxygen atoms in total. The molecule has 2 rings (SSSR count). The summed E-state index contributed by atoms with van der Waals surface area (Å²) in [6.45, 7) is 1.85. The van der Waals surface area contributed by atoms with E-state index in [9.17, 15) is 4.79 Å². The number of nitrogens with one attached hydrogen (secondary N) is 1. The molecule has 0 radical (unpaired) electrons. The van der Waals surface area contributed by atoms with Crippen molar-refractivity contribution >= 4 is 17.7 Å². The molecule has 2 aromatic rings. The maximum Gasteiger partial charge on any atom is 0.248 e. The molecule has 2 aromatic heterocycles. The van der Waals surface area contributed by atoms with Gasteiger partial charge in [-0.05, 0) is 31.2 Å². The highest BCUT2D eigenvalue weighted by molar-refractivity contribution is 6.01. The summed E-state index contributed by atoms with van der Waals surface area (Å²) in [5.74, 6) is 1.69. The van der Waals surface area contributed by atoms with Gasteiger partial charge in [0.25, 0.3) is 0 Å². The molecular weight excluding hydrogens is 244 g/mol. The molecule has 0 aliphatic carbocycles. The molecule has 1 N–H and O–H groups in total. The van der Waals surface area contributed by atoms with E-state index in [0.29, 0.717) is 17.3 Å². The van der Waals surface area contributed by atoms with Crippen LogP contribution in [0.25, 0.3) is 6.08 Å².